The van der Waals surface area contributed by atoms with E-state index in [1.54, 1.807) is 4.90 Å². The highest BCUT2D eigenvalue weighted by Gasteiger charge is 2.49. The molecule has 0 aromatic heterocycles. The number of amides is 2. The molecule has 0 bridgehead atoms. The Morgan fingerprint density at radius 2 is 1.81 bits per heavy atom. The number of nitrogens with two attached hydrogens (primary N) is 1. The molecule has 0 saturated heterocycles. The van der Waals surface area contributed by atoms with Crippen LogP contribution in [0.3, 0.4) is 0 Å². The van der Waals surface area contributed by atoms with Crippen LogP contribution in [0.5, 0.6) is 0 Å². The normalized spacial score (nSPS) is 31.3. The van der Waals surface area contributed by atoms with Crippen LogP contribution in [-0.2, 0) is 9.59 Å². The molecule has 2 aliphatic rings. The lowest BCUT2D eigenvalue weighted by Crippen LogP contribution is -2.45. The molecule has 0 aliphatic heterocycles. The molecule has 16 heavy (non-hydrogen) atoms. The van der Waals surface area contributed by atoms with Crippen LogP contribution in [0.2, 0.25) is 0 Å². The van der Waals surface area contributed by atoms with Crippen LogP contribution in [0.1, 0.15) is 33.1 Å². The zero-order valence-electron chi connectivity index (χ0n) is 9.98. The Bertz CT molecular complexity index is 304. The molecular weight excluding hydrogens is 204 g/mol. The fourth-order valence-corrected chi connectivity index (χ4v) is 2.83. The highest BCUT2D eigenvalue weighted by Crippen LogP contribution is 2.54. The SMILES string of the molecule is CC(C)N(CC(N)=O)C(=O)C1CC2CC2C1. The van der Waals surface area contributed by atoms with Gasteiger partial charge in [-0.15, -0.1) is 0 Å². The van der Waals surface area contributed by atoms with Crippen LogP contribution in [0.4, 0.5) is 0 Å². The van der Waals surface area contributed by atoms with Crippen molar-refractivity contribution < 1.29 is 9.59 Å². The van der Waals surface area contributed by atoms with E-state index in [0.29, 0.717) is 0 Å². The first-order valence-electron chi connectivity index (χ1n) is 6.07. The molecule has 0 heterocycles. The summed E-state index contributed by atoms with van der Waals surface area (Å²) < 4.78 is 0. The first kappa shape index (κ1) is 11.4. The van der Waals surface area contributed by atoms with E-state index in [9.17, 15) is 9.59 Å². The Balaban J connectivity index is 1.96. The van der Waals surface area contributed by atoms with Gasteiger partial charge in [0.2, 0.25) is 11.8 Å². The number of nitrogens with zero attached hydrogens (tertiary/aromatic N) is 1. The third-order valence-electron chi connectivity index (χ3n) is 3.83. The smallest absolute Gasteiger partial charge is 0.237 e. The van der Waals surface area contributed by atoms with Crippen molar-refractivity contribution >= 4 is 11.8 Å². The van der Waals surface area contributed by atoms with Crippen LogP contribution in [-0.4, -0.2) is 29.3 Å². The minimum absolute atomic E-state index is 0.0527. The van der Waals surface area contributed by atoms with Gasteiger partial charge < -0.3 is 10.6 Å². The third kappa shape index (κ3) is 2.20. The van der Waals surface area contributed by atoms with Gasteiger partial charge in [0.25, 0.3) is 0 Å². The average molecular weight is 224 g/mol. The van der Waals surface area contributed by atoms with Gasteiger partial charge in [0.05, 0.1) is 6.54 Å². The number of fused-ring (bicyclic) bond motifs is 1. The molecule has 2 rings (SSSR count). The van der Waals surface area contributed by atoms with Gasteiger partial charge in [-0.05, 0) is 44.9 Å². The molecule has 2 unspecified atom stereocenters. The van der Waals surface area contributed by atoms with E-state index < -0.39 is 5.91 Å². The van der Waals surface area contributed by atoms with Gasteiger partial charge in [0.15, 0.2) is 0 Å². The van der Waals surface area contributed by atoms with E-state index in [0.717, 1.165) is 24.7 Å². The molecule has 2 atom stereocenters. The number of hydrogen-bond donors (Lipinski definition) is 1. The third-order valence-corrected chi connectivity index (χ3v) is 3.83. The molecule has 2 saturated carbocycles. The molecule has 2 aliphatic carbocycles. The van der Waals surface area contributed by atoms with Crippen molar-refractivity contribution in [2.75, 3.05) is 6.54 Å². The highest BCUT2D eigenvalue weighted by molar-refractivity contribution is 5.85. The Labute approximate surface area is 96.2 Å². The Hall–Kier alpha value is -1.06. The van der Waals surface area contributed by atoms with Crippen LogP contribution in [0.25, 0.3) is 0 Å². The number of carbonyl (C=O) groups is 2. The quantitative estimate of drug-likeness (QED) is 0.766. The fraction of sp³-hybridized carbons (Fsp3) is 0.833. The maximum Gasteiger partial charge on any atom is 0.237 e. The van der Waals surface area contributed by atoms with E-state index >= 15 is 0 Å². The van der Waals surface area contributed by atoms with Crippen LogP contribution in [0.15, 0.2) is 0 Å². The molecule has 0 aromatic carbocycles. The van der Waals surface area contributed by atoms with Crippen molar-refractivity contribution in [3.63, 3.8) is 0 Å². The lowest BCUT2D eigenvalue weighted by atomic mass is 10.0. The van der Waals surface area contributed by atoms with Gasteiger partial charge in [-0.25, -0.2) is 0 Å². The minimum Gasteiger partial charge on any atom is -0.368 e. The number of carbonyl (C=O) groups excluding carboxylic acids is 2. The molecule has 2 amide bonds. The first-order valence-corrected chi connectivity index (χ1v) is 6.07. The minimum atomic E-state index is -0.426. The van der Waals surface area contributed by atoms with E-state index in [1.165, 1.54) is 6.42 Å². The second-order valence-corrected chi connectivity index (χ2v) is 5.45. The number of rotatable bonds is 4. The summed E-state index contributed by atoms with van der Waals surface area (Å²) in [4.78, 5) is 24.8. The Kier molecular flexibility index (Phi) is 2.91. The van der Waals surface area contributed by atoms with Gasteiger partial charge >= 0.3 is 0 Å². The topological polar surface area (TPSA) is 63.4 Å². The lowest BCUT2D eigenvalue weighted by Gasteiger charge is -2.28. The maximum atomic E-state index is 12.2. The van der Waals surface area contributed by atoms with Crippen molar-refractivity contribution in [3.8, 4) is 0 Å². The first-order chi connectivity index (χ1) is 7.49. The second-order valence-electron chi connectivity index (χ2n) is 5.45. The largest absolute Gasteiger partial charge is 0.368 e. The van der Waals surface area contributed by atoms with Crippen molar-refractivity contribution in [2.24, 2.45) is 23.5 Å². The van der Waals surface area contributed by atoms with Gasteiger partial charge in [-0.3, -0.25) is 9.59 Å². The summed E-state index contributed by atoms with van der Waals surface area (Å²) in [5, 5.41) is 0. The lowest BCUT2D eigenvalue weighted by molar-refractivity contribution is -0.140. The van der Waals surface area contributed by atoms with Gasteiger partial charge in [0.1, 0.15) is 0 Å². The number of primary amides is 1. The predicted octanol–water partition coefficient (Wildman–Crippen LogP) is 0.755. The fourth-order valence-electron chi connectivity index (χ4n) is 2.83. The molecule has 0 aromatic rings. The zero-order chi connectivity index (χ0) is 11.9. The Morgan fingerprint density at radius 1 is 1.25 bits per heavy atom. The van der Waals surface area contributed by atoms with E-state index in [2.05, 4.69) is 0 Å². The van der Waals surface area contributed by atoms with Crippen molar-refractivity contribution in [1.82, 2.24) is 4.90 Å². The molecular formula is C12H20N2O2. The second kappa shape index (κ2) is 4.07. The summed E-state index contributed by atoms with van der Waals surface area (Å²) in [7, 11) is 0. The molecule has 2 N–H and O–H groups in total. The monoisotopic (exact) mass is 224 g/mol. The summed E-state index contributed by atoms with van der Waals surface area (Å²) in [6.45, 7) is 3.91. The summed E-state index contributed by atoms with van der Waals surface area (Å²) in [6.07, 6.45) is 3.35. The number of hydrogen-bond acceptors (Lipinski definition) is 2. The zero-order valence-corrected chi connectivity index (χ0v) is 9.98. The molecule has 4 nitrogen and oxygen atoms in total. The maximum absolute atomic E-state index is 12.2. The van der Waals surface area contributed by atoms with Crippen molar-refractivity contribution in [3.05, 3.63) is 0 Å². The van der Waals surface area contributed by atoms with Gasteiger partial charge in [-0.2, -0.15) is 0 Å². The van der Waals surface area contributed by atoms with E-state index in [4.69, 9.17) is 5.73 Å². The highest BCUT2D eigenvalue weighted by atomic mass is 16.2. The molecule has 0 radical (unpaired) electrons. The molecule has 4 heteroatoms. The summed E-state index contributed by atoms with van der Waals surface area (Å²) in [5.74, 6) is 1.42. The van der Waals surface area contributed by atoms with E-state index in [1.807, 2.05) is 13.8 Å². The molecule has 2 fully saturated rings. The van der Waals surface area contributed by atoms with Gasteiger partial charge in [0, 0.05) is 12.0 Å². The average Bonchev–Trinajstić information content (AvgIpc) is 2.81. The molecule has 0 spiro atoms. The van der Waals surface area contributed by atoms with Crippen LogP contribution in [0, 0.1) is 17.8 Å². The van der Waals surface area contributed by atoms with Crippen molar-refractivity contribution in [2.45, 2.75) is 39.2 Å². The summed E-state index contributed by atoms with van der Waals surface area (Å²) in [6, 6.07) is 0.0527. The summed E-state index contributed by atoms with van der Waals surface area (Å²) >= 11 is 0. The summed E-state index contributed by atoms with van der Waals surface area (Å²) in [5.41, 5.74) is 5.17. The predicted molar refractivity (Wildman–Crippen MR) is 60.4 cm³/mol. The van der Waals surface area contributed by atoms with E-state index in [-0.39, 0.29) is 24.4 Å². The van der Waals surface area contributed by atoms with Crippen molar-refractivity contribution in [1.29, 1.82) is 0 Å². The Morgan fingerprint density at radius 3 is 2.25 bits per heavy atom. The standard InChI is InChI=1S/C12H20N2O2/c1-7(2)14(6-11(13)15)12(16)10-4-8-3-9(8)5-10/h7-10H,3-6H2,1-2H3,(H2,13,15). The molecule has 90 valence electrons. The van der Waals surface area contributed by atoms with Crippen LogP contribution >= 0.6 is 0 Å². The van der Waals surface area contributed by atoms with Crippen LogP contribution < -0.4 is 5.73 Å². The van der Waals surface area contributed by atoms with Gasteiger partial charge in [-0.1, -0.05) is 0 Å².